The molecule has 0 aromatic heterocycles. The molecule has 1 fully saturated rings. The average Bonchev–Trinajstić information content (AvgIpc) is 3.57. The van der Waals surface area contributed by atoms with Gasteiger partial charge in [0.1, 0.15) is 5.57 Å². The zero-order valence-electron chi connectivity index (χ0n) is 21.1. The number of hydrogen-bond acceptors (Lipinski definition) is 8. The van der Waals surface area contributed by atoms with Crippen LogP contribution in [0.4, 0.5) is 0 Å². The van der Waals surface area contributed by atoms with E-state index < -0.39 is 35.3 Å². The third-order valence-electron chi connectivity index (χ3n) is 7.90. The summed E-state index contributed by atoms with van der Waals surface area (Å²) in [6, 6.07) is 11.5. The molecular weight excluding hydrogens is 478 g/mol. The van der Waals surface area contributed by atoms with E-state index in [0.717, 1.165) is 53.9 Å². The van der Waals surface area contributed by atoms with Gasteiger partial charge in [-0.15, -0.1) is 0 Å². The van der Waals surface area contributed by atoms with E-state index in [2.05, 4.69) is 0 Å². The van der Waals surface area contributed by atoms with E-state index in [1.165, 1.54) is 14.2 Å². The summed E-state index contributed by atoms with van der Waals surface area (Å²) in [7, 11) is 4.75. The fourth-order valence-electron chi connectivity index (χ4n) is 6.66. The Morgan fingerprint density at radius 2 is 1.32 bits per heavy atom. The minimum atomic E-state index is -1.24. The van der Waals surface area contributed by atoms with E-state index in [1.807, 2.05) is 36.4 Å². The number of benzene rings is 2. The Balaban J connectivity index is 2.07. The Kier molecular flexibility index (Phi) is 6.11. The Morgan fingerprint density at radius 1 is 0.757 bits per heavy atom. The Labute approximate surface area is 213 Å². The lowest BCUT2D eigenvalue weighted by atomic mass is 9.63. The standard InChI is InChI=1S/C28H27NO8/c1-34-24(30)19-20(25(31)35-2)22-16-11-7-9-15-10-8-12-17(18(15)16)28(22,29-13-5-6-14-29)23(27(33)37-4)21(19)26(32)36-3/h7-12,22H,5-6,13-14H2,1-4H3/p+1/t22-,28-/m1/s1. The Hall–Kier alpha value is -3.98. The fraction of sp³-hybridized carbons (Fsp3) is 0.357. The van der Waals surface area contributed by atoms with Gasteiger partial charge in [-0.25, -0.2) is 19.2 Å². The first kappa shape index (κ1) is 24.7. The van der Waals surface area contributed by atoms with Gasteiger partial charge in [-0.1, -0.05) is 36.4 Å². The number of fused-ring (bicyclic) bond motifs is 3. The van der Waals surface area contributed by atoms with Crippen LogP contribution in [0, 0.1) is 0 Å². The number of nitrogens with one attached hydrogen (secondary N) is 1. The van der Waals surface area contributed by atoms with Crippen molar-refractivity contribution in [1.82, 2.24) is 0 Å². The minimum absolute atomic E-state index is 0.0134. The molecular formula is C28H28NO8+. The number of hydrogen-bond donors (Lipinski definition) is 1. The minimum Gasteiger partial charge on any atom is -0.466 e. The number of carbonyl (C=O) groups is 4. The van der Waals surface area contributed by atoms with E-state index >= 15 is 0 Å². The molecule has 2 atom stereocenters. The number of quaternary nitrogens is 1. The van der Waals surface area contributed by atoms with Gasteiger partial charge in [-0.2, -0.15) is 0 Å². The zero-order valence-corrected chi connectivity index (χ0v) is 21.1. The molecule has 2 aromatic rings. The second-order valence-corrected chi connectivity index (χ2v) is 9.31. The lowest BCUT2D eigenvalue weighted by Crippen LogP contribution is -3.18. The van der Waals surface area contributed by atoms with Crippen LogP contribution in [-0.2, 0) is 43.7 Å². The quantitative estimate of drug-likeness (QED) is 0.475. The van der Waals surface area contributed by atoms with Crippen LogP contribution in [0.15, 0.2) is 58.7 Å². The predicted octanol–water partition coefficient (Wildman–Crippen LogP) is 1.11. The molecule has 0 amide bonds. The number of esters is 4. The monoisotopic (exact) mass is 506 g/mol. The second kappa shape index (κ2) is 9.15. The smallest absolute Gasteiger partial charge is 0.341 e. The fourth-order valence-corrected chi connectivity index (χ4v) is 6.66. The highest BCUT2D eigenvalue weighted by molar-refractivity contribution is 6.19. The molecule has 2 aliphatic carbocycles. The van der Waals surface area contributed by atoms with Gasteiger partial charge >= 0.3 is 23.9 Å². The van der Waals surface area contributed by atoms with Gasteiger partial charge in [0.15, 0.2) is 5.54 Å². The van der Waals surface area contributed by atoms with Crippen LogP contribution in [0.25, 0.3) is 10.8 Å². The Morgan fingerprint density at radius 3 is 1.92 bits per heavy atom. The van der Waals surface area contributed by atoms with Gasteiger partial charge in [0.2, 0.25) is 0 Å². The lowest BCUT2D eigenvalue weighted by Gasteiger charge is -2.45. The molecule has 0 radical (unpaired) electrons. The first-order valence-corrected chi connectivity index (χ1v) is 12.1. The molecule has 2 aromatic carbocycles. The summed E-state index contributed by atoms with van der Waals surface area (Å²) >= 11 is 0. The average molecular weight is 507 g/mol. The molecule has 9 nitrogen and oxygen atoms in total. The van der Waals surface area contributed by atoms with Crippen LogP contribution in [0.1, 0.15) is 29.9 Å². The van der Waals surface area contributed by atoms with Crippen molar-refractivity contribution < 1.29 is 43.0 Å². The SMILES string of the molecule is COC(=O)C1=C(C(=O)OC)[C@H]2c3cccc4cccc(c34)[C@]2([NH+]2CCCC2)C(C(=O)OC)=C1C(=O)OC. The second-order valence-electron chi connectivity index (χ2n) is 9.31. The number of methoxy groups -OCH3 is 4. The van der Waals surface area contributed by atoms with Crippen molar-refractivity contribution in [2.24, 2.45) is 0 Å². The molecule has 37 heavy (non-hydrogen) atoms. The highest BCUT2D eigenvalue weighted by Crippen LogP contribution is 2.59. The highest BCUT2D eigenvalue weighted by atomic mass is 16.5. The van der Waals surface area contributed by atoms with Crippen molar-refractivity contribution in [3.8, 4) is 0 Å². The van der Waals surface area contributed by atoms with E-state index in [-0.39, 0.29) is 22.3 Å². The molecule has 1 aliphatic heterocycles. The molecule has 0 bridgehead atoms. The van der Waals surface area contributed by atoms with Crippen molar-refractivity contribution in [2.45, 2.75) is 24.3 Å². The molecule has 0 saturated carbocycles. The van der Waals surface area contributed by atoms with E-state index in [4.69, 9.17) is 18.9 Å². The summed E-state index contributed by atoms with van der Waals surface area (Å²) in [5, 5.41) is 1.78. The van der Waals surface area contributed by atoms with Gasteiger partial charge in [0.05, 0.1) is 64.2 Å². The number of ether oxygens (including phenoxy) is 4. The molecule has 0 unspecified atom stereocenters. The first-order chi connectivity index (χ1) is 17.9. The largest absolute Gasteiger partial charge is 0.466 e. The maximum atomic E-state index is 13.8. The summed E-state index contributed by atoms with van der Waals surface area (Å²) in [5.41, 5.74) is -0.412. The molecule has 1 heterocycles. The summed E-state index contributed by atoms with van der Waals surface area (Å²) in [6.45, 7) is 1.36. The summed E-state index contributed by atoms with van der Waals surface area (Å²) < 4.78 is 20.6. The van der Waals surface area contributed by atoms with Gasteiger partial charge in [0, 0.05) is 18.4 Å². The summed E-state index contributed by atoms with van der Waals surface area (Å²) in [4.78, 5) is 55.1. The molecule has 192 valence electrons. The topological polar surface area (TPSA) is 110 Å². The van der Waals surface area contributed by atoms with Crippen LogP contribution in [0.2, 0.25) is 0 Å². The number of rotatable bonds is 5. The lowest BCUT2D eigenvalue weighted by molar-refractivity contribution is -0.944. The van der Waals surface area contributed by atoms with Crippen LogP contribution >= 0.6 is 0 Å². The third kappa shape index (κ3) is 3.20. The number of likely N-dealkylation sites (tertiary alicyclic amines) is 1. The summed E-state index contributed by atoms with van der Waals surface area (Å²) in [6.07, 6.45) is 1.78. The van der Waals surface area contributed by atoms with Gasteiger partial charge in [-0.3, -0.25) is 0 Å². The van der Waals surface area contributed by atoms with Crippen molar-refractivity contribution in [3.63, 3.8) is 0 Å². The third-order valence-corrected chi connectivity index (χ3v) is 7.90. The normalized spacial score (nSPS) is 22.6. The van der Waals surface area contributed by atoms with Gasteiger partial charge in [0.25, 0.3) is 0 Å². The van der Waals surface area contributed by atoms with Crippen molar-refractivity contribution in [2.75, 3.05) is 41.5 Å². The molecule has 1 N–H and O–H groups in total. The molecule has 0 spiro atoms. The zero-order chi connectivity index (χ0) is 26.5. The number of carbonyl (C=O) groups excluding carboxylic acids is 4. The van der Waals surface area contributed by atoms with E-state index in [0.29, 0.717) is 13.1 Å². The maximum Gasteiger partial charge on any atom is 0.341 e. The molecule has 1 saturated heterocycles. The van der Waals surface area contributed by atoms with Crippen LogP contribution in [0.5, 0.6) is 0 Å². The van der Waals surface area contributed by atoms with Gasteiger partial charge in [-0.05, 0) is 16.3 Å². The van der Waals surface area contributed by atoms with Crippen LogP contribution in [-0.4, -0.2) is 65.4 Å². The molecule has 5 rings (SSSR count). The predicted molar refractivity (Wildman–Crippen MR) is 130 cm³/mol. The van der Waals surface area contributed by atoms with Crippen molar-refractivity contribution in [3.05, 3.63) is 69.8 Å². The van der Waals surface area contributed by atoms with E-state index in [9.17, 15) is 19.2 Å². The Bertz CT molecular complexity index is 1410. The van der Waals surface area contributed by atoms with Crippen molar-refractivity contribution >= 4 is 34.6 Å². The van der Waals surface area contributed by atoms with Gasteiger partial charge < -0.3 is 23.8 Å². The van der Waals surface area contributed by atoms with Crippen LogP contribution in [0.3, 0.4) is 0 Å². The van der Waals surface area contributed by atoms with Crippen molar-refractivity contribution in [1.29, 1.82) is 0 Å². The first-order valence-electron chi connectivity index (χ1n) is 12.1. The molecule has 9 heteroatoms. The summed E-state index contributed by atoms with van der Waals surface area (Å²) in [5.74, 6) is -4.27. The van der Waals surface area contributed by atoms with E-state index in [1.54, 1.807) is 0 Å². The maximum absolute atomic E-state index is 13.8. The highest BCUT2D eigenvalue weighted by Gasteiger charge is 2.67. The van der Waals surface area contributed by atoms with Crippen LogP contribution < -0.4 is 4.90 Å². The molecule has 3 aliphatic rings.